The fraction of sp³-hybridized carbons (Fsp3) is 0.524. The van der Waals surface area contributed by atoms with E-state index in [-0.39, 0.29) is 18.1 Å². The molecule has 0 aliphatic heterocycles. The van der Waals surface area contributed by atoms with E-state index in [0.29, 0.717) is 12.0 Å². The standard InChI is InChI=1S/C21H32N4O7/c1-4-11(2)17(21(31)32)25-18(28)12(3)23-20(30)16(24-19(29)15(22)10-26)9-13-5-7-14(27)8-6-13/h5-8,11-12,15-17,26-27H,4,9-10,22H2,1-3H3,(H,23,30)(H,24,29)(H,25,28)(H,31,32). The summed E-state index contributed by atoms with van der Waals surface area (Å²) in [6, 6.07) is 1.40. The van der Waals surface area contributed by atoms with E-state index < -0.39 is 54.5 Å². The van der Waals surface area contributed by atoms with Crippen LogP contribution in [-0.2, 0) is 25.6 Å². The molecule has 11 nitrogen and oxygen atoms in total. The van der Waals surface area contributed by atoms with Gasteiger partial charge in [-0.15, -0.1) is 0 Å². The van der Waals surface area contributed by atoms with Gasteiger partial charge in [0, 0.05) is 6.42 Å². The zero-order chi connectivity index (χ0) is 24.4. The van der Waals surface area contributed by atoms with Gasteiger partial charge in [-0.05, 0) is 30.5 Å². The van der Waals surface area contributed by atoms with E-state index in [0.717, 1.165) is 0 Å². The molecule has 0 saturated carbocycles. The lowest BCUT2D eigenvalue weighted by Gasteiger charge is -2.25. The molecule has 11 heteroatoms. The quantitative estimate of drug-likeness (QED) is 0.207. The number of aliphatic hydroxyl groups is 1. The van der Waals surface area contributed by atoms with Gasteiger partial charge >= 0.3 is 5.97 Å². The van der Waals surface area contributed by atoms with E-state index in [1.54, 1.807) is 26.0 Å². The van der Waals surface area contributed by atoms with Crippen molar-refractivity contribution in [2.75, 3.05) is 6.61 Å². The molecule has 0 aliphatic carbocycles. The number of aliphatic carboxylic acids is 1. The van der Waals surface area contributed by atoms with E-state index in [4.69, 9.17) is 10.8 Å². The number of rotatable bonds is 12. The van der Waals surface area contributed by atoms with Crippen LogP contribution in [0.3, 0.4) is 0 Å². The minimum atomic E-state index is -1.24. The number of aromatic hydroxyl groups is 1. The maximum atomic E-state index is 12.8. The van der Waals surface area contributed by atoms with Crippen molar-refractivity contribution in [1.82, 2.24) is 16.0 Å². The number of nitrogens with two attached hydrogens (primary N) is 1. The number of phenolic OH excluding ortho intramolecular Hbond substituents is 1. The Balaban J connectivity index is 2.92. The van der Waals surface area contributed by atoms with Gasteiger partial charge in [-0.3, -0.25) is 14.4 Å². The van der Waals surface area contributed by atoms with Crippen LogP contribution < -0.4 is 21.7 Å². The van der Waals surface area contributed by atoms with Crippen molar-refractivity contribution >= 4 is 23.7 Å². The number of hydrogen-bond acceptors (Lipinski definition) is 7. The number of amides is 3. The average molecular weight is 453 g/mol. The van der Waals surface area contributed by atoms with Gasteiger partial charge in [0.1, 0.15) is 29.9 Å². The van der Waals surface area contributed by atoms with Crippen LogP contribution in [0.2, 0.25) is 0 Å². The summed E-state index contributed by atoms with van der Waals surface area (Å²) in [7, 11) is 0. The van der Waals surface area contributed by atoms with Crippen molar-refractivity contribution in [3.63, 3.8) is 0 Å². The molecule has 1 aromatic carbocycles. The van der Waals surface area contributed by atoms with Gasteiger partial charge in [0.15, 0.2) is 0 Å². The lowest BCUT2D eigenvalue weighted by molar-refractivity contribution is -0.143. The lowest BCUT2D eigenvalue weighted by atomic mass is 9.99. The Hall–Kier alpha value is -3.18. The normalized spacial score (nSPS) is 15.5. The third-order valence-electron chi connectivity index (χ3n) is 5.07. The van der Waals surface area contributed by atoms with Gasteiger partial charge in [-0.1, -0.05) is 32.4 Å². The molecule has 3 amide bonds. The number of aliphatic hydroxyl groups excluding tert-OH is 1. The maximum Gasteiger partial charge on any atom is 0.326 e. The molecule has 0 heterocycles. The Bertz CT molecular complexity index is 800. The molecule has 0 fully saturated rings. The first-order valence-corrected chi connectivity index (χ1v) is 10.3. The number of carbonyl (C=O) groups excluding carboxylic acids is 3. The van der Waals surface area contributed by atoms with Crippen LogP contribution in [0.15, 0.2) is 24.3 Å². The second-order valence-corrected chi connectivity index (χ2v) is 7.66. The summed E-state index contributed by atoms with van der Waals surface area (Å²) in [5.41, 5.74) is 6.12. The second kappa shape index (κ2) is 12.6. The van der Waals surface area contributed by atoms with Crippen molar-refractivity contribution in [1.29, 1.82) is 0 Å². The minimum absolute atomic E-state index is 0.0228. The first-order valence-electron chi connectivity index (χ1n) is 10.3. The molecule has 1 aromatic rings. The monoisotopic (exact) mass is 452 g/mol. The highest BCUT2D eigenvalue weighted by molar-refractivity contribution is 5.94. The van der Waals surface area contributed by atoms with Gasteiger partial charge in [0.05, 0.1) is 6.61 Å². The summed E-state index contributed by atoms with van der Waals surface area (Å²) in [5, 5.41) is 35.1. The van der Waals surface area contributed by atoms with Crippen LogP contribution in [0.25, 0.3) is 0 Å². The van der Waals surface area contributed by atoms with Crippen LogP contribution in [0.1, 0.15) is 32.8 Å². The fourth-order valence-electron chi connectivity index (χ4n) is 2.78. The van der Waals surface area contributed by atoms with Gasteiger partial charge in [-0.25, -0.2) is 4.79 Å². The van der Waals surface area contributed by atoms with E-state index in [1.807, 2.05) is 0 Å². The number of benzene rings is 1. The maximum absolute atomic E-state index is 12.8. The SMILES string of the molecule is CCC(C)C(NC(=O)C(C)NC(=O)C(Cc1ccc(O)cc1)NC(=O)C(N)CO)C(=O)O. The topological polar surface area (TPSA) is 191 Å². The molecule has 8 N–H and O–H groups in total. The molecular formula is C21H32N4O7. The Morgan fingerprint density at radius 3 is 2.06 bits per heavy atom. The summed E-state index contributed by atoms with van der Waals surface area (Å²) in [6.07, 6.45) is 0.554. The van der Waals surface area contributed by atoms with Crippen LogP contribution in [0.4, 0.5) is 0 Å². The van der Waals surface area contributed by atoms with E-state index >= 15 is 0 Å². The molecule has 0 saturated heterocycles. The molecule has 0 spiro atoms. The smallest absolute Gasteiger partial charge is 0.326 e. The summed E-state index contributed by atoms with van der Waals surface area (Å²) < 4.78 is 0. The minimum Gasteiger partial charge on any atom is -0.508 e. The number of phenols is 1. The van der Waals surface area contributed by atoms with Gasteiger partial charge < -0.3 is 37.0 Å². The van der Waals surface area contributed by atoms with Crippen molar-refractivity contribution < 1.29 is 34.5 Å². The number of carbonyl (C=O) groups is 4. The summed E-state index contributed by atoms with van der Waals surface area (Å²) >= 11 is 0. The Kier molecular flexibility index (Phi) is 10.6. The predicted molar refractivity (Wildman–Crippen MR) is 115 cm³/mol. The highest BCUT2D eigenvalue weighted by Crippen LogP contribution is 2.12. The zero-order valence-electron chi connectivity index (χ0n) is 18.4. The van der Waals surface area contributed by atoms with Crippen LogP contribution in [0.5, 0.6) is 5.75 Å². The first-order chi connectivity index (χ1) is 15.0. The zero-order valence-corrected chi connectivity index (χ0v) is 18.4. The number of carboxylic acids is 1. The molecule has 178 valence electrons. The largest absolute Gasteiger partial charge is 0.508 e. The summed E-state index contributed by atoms with van der Waals surface area (Å²) in [4.78, 5) is 48.8. The van der Waals surface area contributed by atoms with Crippen LogP contribution in [0, 0.1) is 5.92 Å². The van der Waals surface area contributed by atoms with Crippen LogP contribution >= 0.6 is 0 Å². The van der Waals surface area contributed by atoms with E-state index in [9.17, 15) is 29.4 Å². The van der Waals surface area contributed by atoms with E-state index in [1.165, 1.54) is 19.1 Å². The van der Waals surface area contributed by atoms with Gasteiger partial charge in [0.2, 0.25) is 17.7 Å². The molecule has 32 heavy (non-hydrogen) atoms. The molecule has 5 unspecified atom stereocenters. The third kappa shape index (κ3) is 8.16. The number of hydrogen-bond donors (Lipinski definition) is 7. The number of nitrogens with one attached hydrogen (secondary N) is 3. The number of carboxylic acid groups (broad SMARTS) is 1. The molecule has 0 aromatic heterocycles. The second-order valence-electron chi connectivity index (χ2n) is 7.66. The molecular weight excluding hydrogens is 420 g/mol. The van der Waals surface area contributed by atoms with Crippen molar-refractivity contribution in [2.45, 2.75) is 57.8 Å². The Morgan fingerprint density at radius 2 is 1.56 bits per heavy atom. The lowest BCUT2D eigenvalue weighted by Crippen LogP contribution is -2.57. The Morgan fingerprint density at radius 1 is 0.969 bits per heavy atom. The molecule has 5 atom stereocenters. The van der Waals surface area contributed by atoms with Crippen molar-refractivity contribution in [3.05, 3.63) is 29.8 Å². The van der Waals surface area contributed by atoms with Crippen LogP contribution in [-0.4, -0.2) is 69.8 Å². The average Bonchev–Trinajstić information content (AvgIpc) is 2.76. The predicted octanol–water partition coefficient (Wildman–Crippen LogP) is -1.14. The molecule has 0 bridgehead atoms. The Labute approximate surface area is 186 Å². The van der Waals surface area contributed by atoms with Crippen molar-refractivity contribution in [3.8, 4) is 5.75 Å². The highest BCUT2D eigenvalue weighted by Gasteiger charge is 2.30. The molecule has 1 rings (SSSR count). The first kappa shape index (κ1) is 26.9. The van der Waals surface area contributed by atoms with Crippen molar-refractivity contribution in [2.24, 2.45) is 11.7 Å². The van der Waals surface area contributed by atoms with Gasteiger partial charge in [0.25, 0.3) is 0 Å². The van der Waals surface area contributed by atoms with E-state index in [2.05, 4.69) is 16.0 Å². The summed E-state index contributed by atoms with van der Waals surface area (Å²) in [6.45, 7) is 4.26. The summed E-state index contributed by atoms with van der Waals surface area (Å²) in [5.74, 6) is -3.61. The molecule has 0 radical (unpaired) electrons. The third-order valence-corrected chi connectivity index (χ3v) is 5.07. The molecule has 0 aliphatic rings. The van der Waals surface area contributed by atoms with Gasteiger partial charge in [-0.2, -0.15) is 0 Å². The highest BCUT2D eigenvalue weighted by atomic mass is 16.4. The fourth-order valence-corrected chi connectivity index (χ4v) is 2.78.